The molecule has 0 radical (unpaired) electrons. The average Bonchev–Trinajstić information content (AvgIpc) is 2.61. The van der Waals surface area contributed by atoms with Crippen molar-refractivity contribution in [3.05, 3.63) is 75.6 Å². The number of likely N-dealkylation sites (N-methyl/N-ethyl adjacent to an activating group) is 1. The molecule has 0 atom stereocenters. The van der Waals surface area contributed by atoms with Crippen LogP contribution in [-0.4, -0.2) is 35.4 Å². The summed E-state index contributed by atoms with van der Waals surface area (Å²) in [6.45, 7) is -0.343. The number of carbonyl (C=O) groups excluding carboxylic acids is 2. The van der Waals surface area contributed by atoms with Crippen molar-refractivity contribution in [2.45, 2.75) is 6.54 Å². The molecular formula is C17H15FN2O5. The summed E-state index contributed by atoms with van der Waals surface area (Å²) in [7, 11) is 1.50. The van der Waals surface area contributed by atoms with Crippen LogP contribution in [0.5, 0.6) is 0 Å². The van der Waals surface area contributed by atoms with Crippen LogP contribution in [-0.2, 0) is 16.1 Å². The molecule has 0 N–H and O–H groups in total. The van der Waals surface area contributed by atoms with Crippen LogP contribution in [0.2, 0.25) is 0 Å². The Hall–Kier alpha value is -3.29. The smallest absolute Gasteiger partial charge is 0.345 e. The van der Waals surface area contributed by atoms with Gasteiger partial charge in [0.15, 0.2) is 6.61 Å². The number of esters is 1. The van der Waals surface area contributed by atoms with E-state index in [1.54, 1.807) is 12.1 Å². The SMILES string of the molecule is CN(Cc1ccc(F)cc1)C(=O)COC(=O)c1ccccc1[N+](=O)[O-]. The van der Waals surface area contributed by atoms with Gasteiger partial charge in [0, 0.05) is 19.7 Å². The Labute approximate surface area is 142 Å². The highest BCUT2D eigenvalue weighted by Crippen LogP contribution is 2.18. The summed E-state index contributed by atoms with van der Waals surface area (Å²) in [5.41, 5.74) is 0.100. The minimum absolute atomic E-state index is 0.210. The Morgan fingerprint density at radius 2 is 1.80 bits per heavy atom. The van der Waals surface area contributed by atoms with Crippen molar-refractivity contribution in [2.24, 2.45) is 0 Å². The van der Waals surface area contributed by atoms with Gasteiger partial charge < -0.3 is 9.64 Å². The van der Waals surface area contributed by atoms with Crippen molar-refractivity contribution in [1.29, 1.82) is 0 Å². The predicted octanol–water partition coefficient (Wildman–Crippen LogP) is 2.55. The summed E-state index contributed by atoms with van der Waals surface area (Å²) < 4.78 is 17.7. The maximum Gasteiger partial charge on any atom is 0.345 e. The summed E-state index contributed by atoms with van der Waals surface area (Å²) in [6.07, 6.45) is 0. The molecule has 0 spiro atoms. The van der Waals surface area contributed by atoms with Crippen LogP contribution in [0.25, 0.3) is 0 Å². The first-order chi connectivity index (χ1) is 11.9. The van der Waals surface area contributed by atoms with E-state index in [2.05, 4.69) is 0 Å². The summed E-state index contributed by atoms with van der Waals surface area (Å²) in [6, 6.07) is 11.0. The van der Waals surface area contributed by atoms with Crippen LogP contribution in [0.15, 0.2) is 48.5 Å². The highest BCUT2D eigenvalue weighted by atomic mass is 19.1. The number of benzene rings is 2. The summed E-state index contributed by atoms with van der Waals surface area (Å²) in [5.74, 6) is -1.82. The second kappa shape index (κ2) is 8.00. The van der Waals surface area contributed by atoms with Crippen molar-refractivity contribution in [3.63, 3.8) is 0 Å². The van der Waals surface area contributed by atoms with Gasteiger partial charge >= 0.3 is 5.97 Å². The molecule has 2 rings (SSSR count). The number of carbonyl (C=O) groups is 2. The van der Waals surface area contributed by atoms with E-state index in [0.717, 1.165) is 0 Å². The zero-order valence-corrected chi connectivity index (χ0v) is 13.3. The molecular weight excluding hydrogens is 331 g/mol. The van der Waals surface area contributed by atoms with Gasteiger partial charge in [-0.05, 0) is 23.8 Å². The third-order valence-corrected chi connectivity index (χ3v) is 3.41. The number of amides is 1. The van der Waals surface area contributed by atoms with E-state index >= 15 is 0 Å². The van der Waals surface area contributed by atoms with Crippen molar-refractivity contribution in [2.75, 3.05) is 13.7 Å². The minimum Gasteiger partial charge on any atom is -0.452 e. The minimum atomic E-state index is -0.948. The van der Waals surface area contributed by atoms with E-state index in [9.17, 15) is 24.1 Å². The number of nitrogens with zero attached hydrogens (tertiary/aromatic N) is 2. The molecule has 0 saturated carbocycles. The quantitative estimate of drug-likeness (QED) is 0.455. The Balaban J connectivity index is 1.94. The fourth-order valence-electron chi connectivity index (χ4n) is 2.07. The van der Waals surface area contributed by atoms with Crippen molar-refractivity contribution in [3.8, 4) is 0 Å². The highest BCUT2D eigenvalue weighted by molar-refractivity contribution is 5.95. The number of hydrogen-bond acceptors (Lipinski definition) is 5. The first-order valence-corrected chi connectivity index (χ1v) is 7.27. The van der Waals surface area contributed by atoms with Gasteiger partial charge in [0.25, 0.3) is 11.6 Å². The van der Waals surface area contributed by atoms with E-state index in [1.165, 1.54) is 48.3 Å². The monoisotopic (exact) mass is 346 g/mol. The molecule has 7 nitrogen and oxygen atoms in total. The van der Waals surface area contributed by atoms with Crippen LogP contribution in [0.1, 0.15) is 15.9 Å². The summed E-state index contributed by atoms with van der Waals surface area (Å²) in [5, 5.41) is 10.9. The molecule has 0 aromatic heterocycles. The zero-order chi connectivity index (χ0) is 18.4. The molecule has 0 aliphatic rings. The summed E-state index contributed by atoms with van der Waals surface area (Å²) in [4.78, 5) is 35.5. The number of hydrogen-bond donors (Lipinski definition) is 0. The molecule has 0 aliphatic heterocycles. The van der Waals surface area contributed by atoms with Crippen molar-refractivity contribution >= 4 is 17.6 Å². The molecule has 25 heavy (non-hydrogen) atoms. The van der Waals surface area contributed by atoms with E-state index in [1.807, 2.05) is 0 Å². The predicted molar refractivity (Wildman–Crippen MR) is 86.3 cm³/mol. The Morgan fingerprint density at radius 1 is 1.16 bits per heavy atom. The number of nitro benzene ring substituents is 1. The molecule has 2 aromatic carbocycles. The van der Waals surface area contributed by atoms with Crippen LogP contribution >= 0.6 is 0 Å². The van der Waals surface area contributed by atoms with Gasteiger partial charge in [-0.25, -0.2) is 9.18 Å². The number of para-hydroxylation sites is 1. The standard InChI is InChI=1S/C17H15FN2O5/c1-19(10-12-6-8-13(18)9-7-12)16(21)11-25-17(22)14-4-2-3-5-15(14)20(23)24/h2-9H,10-11H2,1H3. The maximum atomic E-state index is 12.9. The number of nitro groups is 1. The van der Waals surface area contributed by atoms with E-state index in [4.69, 9.17) is 4.74 Å². The topological polar surface area (TPSA) is 89.8 Å². The van der Waals surface area contributed by atoms with E-state index < -0.39 is 23.4 Å². The normalized spacial score (nSPS) is 10.2. The lowest BCUT2D eigenvalue weighted by Gasteiger charge is -2.17. The number of ether oxygens (including phenoxy) is 1. The van der Waals surface area contributed by atoms with Crippen LogP contribution in [0.3, 0.4) is 0 Å². The van der Waals surface area contributed by atoms with E-state index in [-0.39, 0.29) is 23.6 Å². The molecule has 8 heteroatoms. The van der Waals surface area contributed by atoms with Crippen LogP contribution in [0.4, 0.5) is 10.1 Å². The zero-order valence-electron chi connectivity index (χ0n) is 13.3. The largest absolute Gasteiger partial charge is 0.452 e. The van der Waals surface area contributed by atoms with Gasteiger partial charge in [-0.3, -0.25) is 14.9 Å². The third-order valence-electron chi connectivity index (χ3n) is 3.41. The molecule has 0 aliphatic carbocycles. The van der Waals surface area contributed by atoms with Crippen molar-refractivity contribution in [1.82, 2.24) is 4.90 Å². The van der Waals surface area contributed by atoms with Gasteiger partial charge in [-0.15, -0.1) is 0 Å². The van der Waals surface area contributed by atoms with Crippen LogP contribution < -0.4 is 0 Å². The lowest BCUT2D eigenvalue weighted by Crippen LogP contribution is -2.30. The number of halogens is 1. The first-order valence-electron chi connectivity index (χ1n) is 7.27. The lowest BCUT2D eigenvalue weighted by molar-refractivity contribution is -0.385. The van der Waals surface area contributed by atoms with Crippen molar-refractivity contribution < 1.29 is 23.6 Å². The van der Waals surface area contributed by atoms with Gasteiger partial charge in [0.05, 0.1) is 4.92 Å². The van der Waals surface area contributed by atoms with Gasteiger partial charge in [-0.2, -0.15) is 0 Å². The first kappa shape index (κ1) is 18.1. The maximum absolute atomic E-state index is 12.9. The second-order valence-electron chi connectivity index (χ2n) is 5.23. The molecule has 0 unspecified atom stereocenters. The molecule has 0 bridgehead atoms. The molecule has 0 saturated heterocycles. The third kappa shape index (κ3) is 4.84. The van der Waals surface area contributed by atoms with Gasteiger partial charge in [0.1, 0.15) is 11.4 Å². The molecule has 1 amide bonds. The Bertz CT molecular complexity index is 792. The Morgan fingerprint density at radius 3 is 2.44 bits per heavy atom. The second-order valence-corrected chi connectivity index (χ2v) is 5.23. The average molecular weight is 346 g/mol. The summed E-state index contributed by atoms with van der Waals surface area (Å²) >= 11 is 0. The lowest BCUT2D eigenvalue weighted by atomic mass is 10.2. The fraction of sp³-hybridized carbons (Fsp3) is 0.176. The Kier molecular flexibility index (Phi) is 5.78. The molecule has 130 valence electrons. The van der Waals surface area contributed by atoms with Crippen LogP contribution in [0, 0.1) is 15.9 Å². The molecule has 2 aromatic rings. The molecule has 0 fully saturated rings. The van der Waals surface area contributed by atoms with Gasteiger partial charge in [-0.1, -0.05) is 24.3 Å². The number of rotatable bonds is 6. The molecule has 0 heterocycles. The fourth-order valence-corrected chi connectivity index (χ4v) is 2.07. The van der Waals surface area contributed by atoms with E-state index in [0.29, 0.717) is 5.56 Å². The highest BCUT2D eigenvalue weighted by Gasteiger charge is 2.21. The van der Waals surface area contributed by atoms with Gasteiger partial charge in [0.2, 0.25) is 0 Å².